The molecular weight excluding hydrogens is 384 g/mol. The van der Waals surface area contributed by atoms with Crippen LogP contribution >= 0.6 is 15.9 Å². The van der Waals surface area contributed by atoms with Gasteiger partial charge in [0.25, 0.3) is 0 Å². The fourth-order valence-corrected chi connectivity index (χ4v) is 4.27. The molecule has 0 amide bonds. The molecule has 1 aromatic rings. The minimum absolute atomic E-state index is 0.698. The van der Waals surface area contributed by atoms with Gasteiger partial charge < -0.3 is 4.57 Å². The van der Waals surface area contributed by atoms with Crippen LogP contribution in [0.3, 0.4) is 0 Å². The van der Waals surface area contributed by atoms with Gasteiger partial charge in [-0.15, -0.1) is 0 Å². The zero-order chi connectivity index (χ0) is 18.7. The van der Waals surface area contributed by atoms with Crippen molar-refractivity contribution in [3.63, 3.8) is 0 Å². The Bertz CT molecular complexity index is 378. The Hall–Kier alpha value is -0.310. The monoisotopic (exact) mass is 426 g/mol. The van der Waals surface area contributed by atoms with E-state index in [4.69, 9.17) is 0 Å². The standard InChI is InChI=1S/C23H43BrN2/c1-2-3-4-5-6-7-8-9-10-11-12-13-14-15-17-23(24)18-16-20-26-21-19-25-22-26/h19,21-23H,2-18,20H2,1H3. The summed E-state index contributed by atoms with van der Waals surface area (Å²) in [6.45, 7) is 3.39. The molecule has 0 bridgehead atoms. The van der Waals surface area contributed by atoms with E-state index in [1.165, 1.54) is 109 Å². The normalized spacial score (nSPS) is 12.5. The van der Waals surface area contributed by atoms with Crippen molar-refractivity contribution >= 4 is 15.9 Å². The summed E-state index contributed by atoms with van der Waals surface area (Å²) in [4.78, 5) is 4.79. The molecule has 0 fully saturated rings. The summed E-state index contributed by atoms with van der Waals surface area (Å²) in [7, 11) is 0. The molecule has 152 valence electrons. The van der Waals surface area contributed by atoms with Crippen LogP contribution in [0.2, 0.25) is 0 Å². The number of alkyl halides is 1. The van der Waals surface area contributed by atoms with Crippen molar-refractivity contribution in [2.75, 3.05) is 0 Å². The van der Waals surface area contributed by atoms with Gasteiger partial charge in [0.15, 0.2) is 0 Å². The predicted octanol–water partition coefficient (Wildman–Crippen LogP) is 8.30. The smallest absolute Gasteiger partial charge is 0.0945 e. The van der Waals surface area contributed by atoms with Crippen molar-refractivity contribution in [2.24, 2.45) is 0 Å². The molecule has 0 saturated carbocycles. The first-order valence-electron chi connectivity index (χ1n) is 11.4. The van der Waals surface area contributed by atoms with Gasteiger partial charge in [-0.1, -0.05) is 113 Å². The highest BCUT2D eigenvalue weighted by atomic mass is 79.9. The van der Waals surface area contributed by atoms with Crippen molar-refractivity contribution in [1.82, 2.24) is 9.55 Å². The van der Waals surface area contributed by atoms with Crippen LogP contribution in [-0.4, -0.2) is 14.4 Å². The predicted molar refractivity (Wildman–Crippen MR) is 119 cm³/mol. The minimum Gasteiger partial charge on any atom is -0.337 e. The largest absolute Gasteiger partial charge is 0.337 e. The molecule has 0 aromatic carbocycles. The molecule has 2 nitrogen and oxygen atoms in total. The molecule has 26 heavy (non-hydrogen) atoms. The average Bonchev–Trinajstić information content (AvgIpc) is 3.15. The van der Waals surface area contributed by atoms with Gasteiger partial charge in [0.05, 0.1) is 6.33 Å². The zero-order valence-electron chi connectivity index (χ0n) is 17.3. The van der Waals surface area contributed by atoms with Gasteiger partial charge >= 0.3 is 0 Å². The van der Waals surface area contributed by atoms with Gasteiger partial charge in [0, 0.05) is 23.8 Å². The summed E-state index contributed by atoms with van der Waals surface area (Å²) < 4.78 is 2.17. The second-order valence-corrected chi connectivity index (χ2v) is 9.22. The third-order valence-corrected chi connectivity index (χ3v) is 6.28. The molecule has 0 saturated heterocycles. The second-order valence-electron chi connectivity index (χ2n) is 7.92. The van der Waals surface area contributed by atoms with Crippen LogP contribution in [0.15, 0.2) is 18.7 Å². The number of rotatable bonds is 19. The van der Waals surface area contributed by atoms with E-state index in [0.29, 0.717) is 4.83 Å². The summed E-state index contributed by atoms with van der Waals surface area (Å²) in [5, 5.41) is 0. The number of hydrogen-bond acceptors (Lipinski definition) is 1. The summed E-state index contributed by atoms with van der Waals surface area (Å²) in [5.74, 6) is 0. The number of aryl methyl sites for hydroxylation is 1. The summed E-state index contributed by atoms with van der Waals surface area (Å²) in [6.07, 6.45) is 29.9. The van der Waals surface area contributed by atoms with Crippen molar-refractivity contribution < 1.29 is 0 Å². The van der Waals surface area contributed by atoms with E-state index >= 15 is 0 Å². The van der Waals surface area contributed by atoms with Crippen LogP contribution in [0.1, 0.15) is 116 Å². The highest BCUT2D eigenvalue weighted by molar-refractivity contribution is 9.09. The van der Waals surface area contributed by atoms with E-state index < -0.39 is 0 Å². The SMILES string of the molecule is CCCCCCCCCCCCCCCCC(Br)CCCn1ccnc1. The first kappa shape index (κ1) is 23.7. The van der Waals surface area contributed by atoms with Gasteiger partial charge in [-0.3, -0.25) is 0 Å². The van der Waals surface area contributed by atoms with Crippen LogP contribution in [0, 0.1) is 0 Å². The molecule has 0 aliphatic heterocycles. The average molecular weight is 428 g/mol. The minimum atomic E-state index is 0.698. The maximum atomic E-state index is 4.09. The number of imidazole rings is 1. The number of hydrogen-bond donors (Lipinski definition) is 0. The lowest BCUT2D eigenvalue weighted by Gasteiger charge is -2.10. The van der Waals surface area contributed by atoms with E-state index in [-0.39, 0.29) is 0 Å². The Balaban J connectivity index is 1.73. The van der Waals surface area contributed by atoms with Crippen LogP contribution in [0.25, 0.3) is 0 Å². The van der Waals surface area contributed by atoms with Crippen molar-refractivity contribution in [3.8, 4) is 0 Å². The maximum Gasteiger partial charge on any atom is 0.0945 e. The van der Waals surface area contributed by atoms with Crippen LogP contribution < -0.4 is 0 Å². The van der Waals surface area contributed by atoms with Crippen LogP contribution in [0.4, 0.5) is 0 Å². The van der Waals surface area contributed by atoms with E-state index in [1.54, 1.807) is 0 Å². The van der Waals surface area contributed by atoms with E-state index in [2.05, 4.69) is 38.6 Å². The molecule has 0 spiro atoms. The van der Waals surface area contributed by atoms with Crippen molar-refractivity contribution in [1.29, 1.82) is 0 Å². The van der Waals surface area contributed by atoms with E-state index in [0.717, 1.165) is 6.54 Å². The lowest BCUT2D eigenvalue weighted by molar-refractivity contribution is 0.524. The second kappa shape index (κ2) is 18.1. The first-order chi connectivity index (χ1) is 12.8. The molecule has 1 heterocycles. The summed E-state index contributed by atoms with van der Waals surface area (Å²) >= 11 is 3.86. The third kappa shape index (κ3) is 14.8. The first-order valence-corrected chi connectivity index (χ1v) is 12.3. The van der Waals surface area contributed by atoms with Gasteiger partial charge in [0.1, 0.15) is 0 Å². The Kier molecular flexibility index (Phi) is 16.5. The van der Waals surface area contributed by atoms with E-state index in [9.17, 15) is 0 Å². The van der Waals surface area contributed by atoms with Crippen molar-refractivity contribution in [3.05, 3.63) is 18.7 Å². The van der Waals surface area contributed by atoms with Gasteiger partial charge in [-0.25, -0.2) is 4.98 Å². The fourth-order valence-electron chi connectivity index (χ4n) is 3.62. The van der Waals surface area contributed by atoms with Gasteiger partial charge in [-0.2, -0.15) is 0 Å². The Morgan fingerprint density at radius 2 is 1.23 bits per heavy atom. The van der Waals surface area contributed by atoms with Crippen LogP contribution in [-0.2, 0) is 6.54 Å². The lowest BCUT2D eigenvalue weighted by atomic mass is 10.0. The fraction of sp³-hybridized carbons (Fsp3) is 0.870. The summed E-state index contributed by atoms with van der Waals surface area (Å²) in [5.41, 5.74) is 0. The molecule has 1 aromatic heterocycles. The number of halogens is 1. The van der Waals surface area contributed by atoms with E-state index in [1.807, 2.05) is 12.5 Å². The Labute approximate surface area is 171 Å². The van der Waals surface area contributed by atoms with Crippen molar-refractivity contribution in [2.45, 2.75) is 127 Å². The molecule has 0 aliphatic carbocycles. The highest BCUT2D eigenvalue weighted by Gasteiger charge is 2.04. The molecule has 1 atom stereocenters. The number of unbranched alkanes of at least 4 members (excludes halogenated alkanes) is 13. The highest BCUT2D eigenvalue weighted by Crippen LogP contribution is 2.18. The van der Waals surface area contributed by atoms with Crippen LogP contribution in [0.5, 0.6) is 0 Å². The lowest BCUT2D eigenvalue weighted by Crippen LogP contribution is -2.01. The number of nitrogens with zero attached hydrogens (tertiary/aromatic N) is 2. The molecule has 3 heteroatoms. The van der Waals surface area contributed by atoms with Gasteiger partial charge in [-0.05, 0) is 19.3 Å². The van der Waals surface area contributed by atoms with Gasteiger partial charge in [0.2, 0.25) is 0 Å². The Morgan fingerprint density at radius 3 is 1.73 bits per heavy atom. The summed E-state index contributed by atoms with van der Waals surface area (Å²) in [6, 6.07) is 0. The molecule has 0 N–H and O–H groups in total. The molecule has 0 aliphatic rings. The zero-order valence-corrected chi connectivity index (χ0v) is 18.9. The Morgan fingerprint density at radius 1 is 0.731 bits per heavy atom. The molecule has 0 radical (unpaired) electrons. The number of aromatic nitrogens is 2. The molecule has 1 rings (SSSR count). The third-order valence-electron chi connectivity index (χ3n) is 5.36. The maximum absolute atomic E-state index is 4.09. The molecule has 1 unspecified atom stereocenters. The molecular formula is C23H43BrN2. The topological polar surface area (TPSA) is 17.8 Å². The quantitative estimate of drug-likeness (QED) is 0.160.